The van der Waals surface area contributed by atoms with Crippen LogP contribution in [0.1, 0.15) is 24.8 Å². The Labute approximate surface area is 115 Å². The Bertz CT molecular complexity index is 277. The molecule has 0 bridgehead atoms. The van der Waals surface area contributed by atoms with Gasteiger partial charge in [0.05, 0.1) is 0 Å². The monoisotopic (exact) mass is 273 g/mol. The zero-order valence-electron chi connectivity index (χ0n) is 10.2. The molecule has 0 spiro atoms. The number of benzene rings is 1. The number of unbranched alkanes of at least 4 members (excludes halogenated alkanes) is 2. The molecule has 1 nitrogen and oxygen atoms in total. The van der Waals surface area contributed by atoms with Crippen LogP contribution in [0.15, 0.2) is 30.3 Å². The fourth-order valence-electron chi connectivity index (χ4n) is 1.84. The Kier molecular flexibility index (Phi) is 8.50. The summed E-state index contributed by atoms with van der Waals surface area (Å²) < 4.78 is 0. The van der Waals surface area contributed by atoms with Crippen molar-refractivity contribution in [3.63, 3.8) is 0 Å². The molecule has 1 aromatic rings. The van der Waals surface area contributed by atoms with Gasteiger partial charge in [0.15, 0.2) is 0 Å². The molecule has 0 aliphatic rings. The molecule has 0 heterocycles. The molecular formula is C14H21Cl2N. The lowest BCUT2D eigenvalue weighted by atomic mass is 10.2. The predicted molar refractivity (Wildman–Crippen MR) is 77.0 cm³/mol. The smallest absolute Gasteiger partial charge is 0.0351 e. The van der Waals surface area contributed by atoms with Crippen LogP contribution in [0, 0.1) is 0 Å². The van der Waals surface area contributed by atoms with Crippen molar-refractivity contribution in [1.29, 1.82) is 0 Å². The predicted octanol–water partition coefficient (Wildman–Crippen LogP) is 4.14. The van der Waals surface area contributed by atoms with Crippen LogP contribution in [0.25, 0.3) is 0 Å². The maximum atomic E-state index is 5.84. The first-order chi connectivity index (χ1) is 8.36. The number of alkyl halides is 2. The van der Waals surface area contributed by atoms with Gasteiger partial charge in [-0.3, -0.25) is 4.90 Å². The van der Waals surface area contributed by atoms with Gasteiger partial charge in [-0.25, -0.2) is 0 Å². The van der Waals surface area contributed by atoms with Gasteiger partial charge in [-0.2, -0.15) is 0 Å². The van der Waals surface area contributed by atoms with Crippen molar-refractivity contribution in [2.45, 2.75) is 25.8 Å². The van der Waals surface area contributed by atoms with Crippen LogP contribution in [0.4, 0.5) is 0 Å². The van der Waals surface area contributed by atoms with E-state index < -0.39 is 0 Å². The molecule has 0 fully saturated rings. The average molecular weight is 274 g/mol. The first-order valence-corrected chi connectivity index (χ1v) is 7.32. The van der Waals surface area contributed by atoms with E-state index in [0.29, 0.717) is 5.88 Å². The van der Waals surface area contributed by atoms with Crippen LogP contribution < -0.4 is 0 Å². The van der Waals surface area contributed by atoms with Crippen LogP contribution in [0.5, 0.6) is 0 Å². The first kappa shape index (κ1) is 14.8. The molecule has 0 amide bonds. The zero-order chi connectivity index (χ0) is 12.3. The van der Waals surface area contributed by atoms with Gasteiger partial charge < -0.3 is 0 Å². The number of hydrogen-bond acceptors (Lipinski definition) is 1. The maximum absolute atomic E-state index is 5.84. The Hall–Kier alpha value is -0.240. The fourth-order valence-corrected chi connectivity index (χ4v) is 2.27. The minimum atomic E-state index is 0.697. The molecule has 1 aromatic carbocycles. The largest absolute Gasteiger partial charge is 0.298 e. The highest BCUT2D eigenvalue weighted by Crippen LogP contribution is 2.07. The maximum Gasteiger partial charge on any atom is 0.0351 e. The fraction of sp³-hybridized carbons (Fsp3) is 0.571. The van der Waals surface area contributed by atoms with Crippen LogP contribution in [0.3, 0.4) is 0 Å². The van der Waals surface area contributed by atoms with E-state index in [0.717, 1.165) is 31.9 Å². The van der Waals surface area contributed by atoms with E-state index in [1.54, 1.807) is 0 Å². The molecule has 0 unspecified atom stereocenters. The average Bonchev–Trinajstić information content (AvgIpc) is 2.36. The van der Waals surface area contributed by atoms with Crippen molar-refractivity contribution < 1.29 is 0 Å². The lowest BCUT2D eigenvalue weighted by Gasteiger charge is -2.21. The summed E-state index contributed by atoms with van der Waals surface area (Å²) in [6, 6.07) is 10.6. The molecule has 0 atom stereocenters. The third-order valence-electron chi connectivity index (χ3n) is 2.76. The lowest BCUT2D eigenvalue weighted by molar-refractivity contribution is 0.275. The van der Waals surface area contributed by atoms with Crippen molar-refractivity contribution in [3.05, 3.63) is 35.9 Å². The summed E-state index contributed by atoms with van der Waals surface area (Å²) in [7, 11) is 0. The minimum Gasteiger partial charge on any atom is -0.298 e. The van der Waals surface area contributed by atoms with Gasteiger partial charge in [-0.05, 0) is 24.9 Å². The second kappa shape index (κ2) is 9.76. The Morgan fingerprint density at radius 2 is 1.59 bits per heavy atom. The summed E-state index contributed by atoms with van der Waals surface area (Å²) >= 11 is 11.5. The Balaban J connectivity index is 2.32. The van der Waals surface area contributed by atoms with E-state index in [2.05, 4.69) is 35.2 Å². The third-order valence-corrected chi connectivity index (χ3v) is 3.19. The summed E-state index contributed by atoms with van der Waals surface area (Å²) in [5, 5.41) is 0. The van der Waals surface area contributed by atoms with Gasteiger partial charge in [-0.15, -0.1) is 23.2 Å². The molecule has 0 saturated heterocycles. The zero-order valence-corrected chi connectivity index (χ0v) is 11.8. The summed E-state index contributed by atoms with van der Waals surface area (Å²) in [6.45, 7) is 3.06. The highest BCUT2D eigenvalue weighted by molar-refractivity contribution is 6.18. The van der Waals surface area contributed by atoms with Gasteiger partial charge in [0, 0.05) is 24.8 Å². The van der Waals surface area contributed by atoms with Crippen LogP contribution in [0.2, 0.25) is 0 Å². The summed E-state index contributed by atoms with van der Waals surface area (Å²) in [4.78, 5) is 2.41. The molecule has 0 aliphatic heterocycles. The summed E-state index contributed by atoms with van der Waals surface area (Å²) in [6.07, 6.45) is 3.52. The van der Waals surface area contributed by atoms with Gasteiger partial charge in [0.2, 0.25) is 0 Å². The van der Waals surface area contributed by atoms with Crippen molar-refractivity contribution in [2.75, 3.05) is 24.8 Å². The Morgan fingerprint density at radius 1 is 0.824 bits per heavy atom. The molecule has 17 heavy (non-hydrogen) atoms. The molecular weight excluding hydrogens is 253 g/mol. The van der Waals surface area contributed by atoms with Gasteiger partial charge >= 0.3 is 0 Å². The minimum absolute atomic E-state index is 0.697. The summed E-state index contributed by atoms with van der Waals surface area (Å²) in [5.74, 6) is 1.47. The van der Waals surface area contributed by atoms with Crippen molar-refractivity contribution >= 4 is 23.2 Å². The van der Waals surface area contributed by atoms with Gasteiger partial charge in [0.1, 0.15) is 0 Å². The lowest BCUT2D eigenvalue weighted by Crippen LogP contribution is -2.26. The van der Waals surface area contributed by atoms with Crippen molar-refractivity contribution in [3.8, 4) is 0 Å². The highest BCUT2D eigenvalue weighted by Gasteiger charge is 2.04. The molecule has 0 radical (unpaired) electrons. The molecule has 0 aliphatic carbocycles. The van der Waals surface area contributed by atoms with Crippen LogP contribution in [-0.4, -0.2) is 29.7 Å². The summed E-state index contributed by atoms with van der Waals surface area (Å²) in [5.41, 5.74) is 1.36. The molecule has 0 aromatic heterocycles. The first-order valence-electron chi connectivity index (χ1n) is 6.25. The third kappa shape index (κ3) is 6.92. The highest BCUT2D eigenvalue weighted by atomic mass is 35.5. The van der Waals surface area contributed by atoms with Crippen LogP contribution in [-0.2, 0) is 6.54 Å². The number of halogens is 2. The van der Waals surface area contributed by atoms with Crippen molar-refractivity contribution in [1.82, 2.24) is 4.90 Å². The van der Waals surface area contributed by atoms with E-state index in [4.69, 9.17) is 23.2 Å². The van der Waals surface area contributed by atoms with E-state index in [1.807, 2.05) is 0 Å². The van der Waals surface area contributed by atoms with E-state index in [-0.39, 0.29) is 0 Å². The molecule has 3 heteroatoms. The van der Waals surface area contributed by atoms with E-state index in [1.165, 1.54) is 18.4 Å². The number of nitrogens with zero attached hydrogens (tertiary/aromatic N) is 1. The standard InChI is InChI=1S/C14H21Cl2N/c15-9-5-2-6-11-17(12-10-16)13-14-7-3-1-4-8-14/h1,3-4,7-8H,2,5-6,9-13H2. The molecule has 0 N–H and O–H groups in total. The number of hydrogen-bond donors (Lipinski definition) is 0. The molecule has 1 rings (SSSR count). The second-order valence-electron chi connectivity index (χ2n) is 4.20. The number of rotatable bonds is 9. The van der Waals surface area contributed by atoms with Gasteiger partial charge in [0.25, 0.3) is 0 Å². The second-order valence-corrected chi connectivity index (χ2v) is 4.96. The normalized spacial score (nSPS) is 11.0. The molecule has 0 saturated carbocycles. The van der Waals surface area contributed by atoms with Gasteiger partial charge in [-0.1, -0.05) is 36.8 Å². The van der Waals surface area contributed by atoms with Crippen molar-refractivity contribution in [2.24, 2.45) is 0 Å². The SMILES string of the molecule is ClCCCCCN(CCCl)Cc1ccccc1. The quantitative estimate of drug-likeness (QED) is 0.483. The van der Waals surface area contributed by atoms with E-state index in [9.17, 15) is 0 Å². The van der Waals surface area contributed by atoms with E-state index >= 15 is 0 Å². The molecule has 96 valence electrons. The Morgan fingerprint density at radius 3 is 2.24 bits per heavy atom. The topological polar surface area (TPSA) is 3.24 Å². The van der Waals surface area contributed by atoms with Crippen LogP contribution >= 0.6 is 23.2 Å².